The second kappa shape index (κ2) is 3.54. The summed E-state index contributed by atoms with van der Waals surface area (Å²) in [5, 5.41) is 3.54. The molecule has 1 aromatic heterocycles. The lowest BCUT2D eigenvalue weighted by atomic mass is 10.1. The van der Waals surface area contributed by atoms with Crippen molar-refractivity contribution < 1.29 is 4.42 Å². The first kappa shape index (κ1) is 8.20. The molecule has 1 aromatic rings. The highest BCUT2D eigenvalue weighted by Gasteiger charge is 2.19. The van der Waals surface area contributed by atoms with Crippen molar-refractivity contribution in [3.05, 3.63) is 24.2 Å². The third-order valence-electron chi connectivity index (χ3n) is 2.08. The Bertz CT molecular complexity index is 235. The zero-order chi connectivity index (χ0) is 8.39. The molecule has 2 nitrogen and oxygen atoms in total. The lowest BCUT2D eigenvalue weighted by Crippen LogP contribution is -2.37. The van der Waals surface area contributed by atoms with Crippen molar-refractivity contribution in [1.29, 1.82) is 0 Å². The first-order valence-corrected chi connectivity index (χ1v) is 5.37. The second-order valence-electron chi connectivity index (χ2n) is 3.21. The van der Waals surface area contributed by atoms with E-state index in [-0.39, 0.29) is 0 Å². The fourth-order valence-corrected chi connectivity index (χ4v) is 2.58. The molecule has 0 aromatic carbocycles. The van der Waals surface area contributed by atoms with Gasteiger partial charge in [0.15, 0.2) is 0 Å². The number of rotatable bonds is 1. The maximum atomic E-state index is 5.05. The van der Waals surface area contributed by atoms with Crippen LogP contribution >= 0.6 is 11.8 Å². The van der Waals surface area contributed by atoms with Gasteiger partial charge in [-0.3, -0.25) is 0 Å². The summed E-state index contributed by atoms with van der Waals surface area (Å²) in [6.45, 7) is 2.22. The van der Waals surface area contributed by atoms with Crippen LogP contribution in [0.15, 0.2) is 23.0 Å². The van der Waals surface area contributed by atoms with Crippen molar-refractivity contribution in [3.8, 4) is 0 Å². The first-order chi connectivity index (χ1) is 5.86. The van der Waals surface area contributed by atoms with Crippen LogP contribution in [0, 0.1) is 0 Å². The van der Waals surface area contributed by atoms with Gasteiger partial charge in [-0.2, -0.15) is 11.8 Å². The minimum atomic E-state index is 0.484. The minimum Gasteiger partial charge on any atom is -0.472 e. The van der Waals surface area contributed by atoms with Gasteiger partial charge in [0.2, 0.25) is 0 Å². The number of furan rings is 1. The molecule has 0 amide bonds. The van der Waals surface area contributed by atoms with E-state index in [0.29, 0.717) is 12.1 Å². The molecule has 0 bridgehead atoms. The van der Waals surface area contributed by atoms with E-state index >= 15 is 0 Å². The largest absolute Gasteiger partial charge is 0.472 e. The fraction of sp³-hybridized carbons (Fsp3) is 0.556. The number of thioether (sulfide) groups is 1. The van der Waals surface area contributed by atoms with Gasteiger partial charge in [-0.05, 0) is 13.0 Å². The zero-order valence-electron chi connectivity index (χ0n) is 7.12. The average Bonchev–Trinajstić information content (AvgIpc) is 2.56. The van der Waals surface area contributed by atoms with Gasteiger partial charge in [-0.1, -0.05) is 0 Å². The predicted molar refractivity (Wildman–Crippen MR) is 51.4 cm³/mol. The van der Waals surface area contributed by atoms with E-state index in [1.807, 2.05) is 24.1 Å². The van der Waals surface area contributed by atoms with Crippen LogP contribution in [-0.4, -0.2) is 17.5 Å². The summed E-state index contributed by atoms with van der Waals surface area (Å²) in [4.78, 5) is 0. The fourth-order valence-electron chi connectivity index (χ4n) is 1.47. The van der Waals surface area contributed by atoms with Crippen LogP contribution in [0.1, 0.15) is 18.5 Å². The molecule has 0 aliphatic carbocycles. The molecular formula is C9H13NOS. The Morgan fingerprint density at radius 1 is 1.58 bits per heavy atom. The summed E-state index contributed by atoms with van der Waals surface area (Å²) in [7, 11) is 0. The van der Waals surface area contributed by atoms with E-state index in [9.17, 15) is 0 Å². The van der Waals surface area contributed by atoms with E-state index in [1.54, 1.807) is 6.26 Å². The highest BCUT2D eigenvalue weighted by molar-refractivity contribution is 7.99. The molecule has 0 saturated carbocycles. The zero-order valence-corrected chi connectivity index (χ0v) is 7.93. The van der Waals surface area contributed by atoms with E-state index in [0.717, 1.165) is 5.75 Å². The summed E-state index contributed by atoms with van der Waals surface area (Å²) in [5.41, 5.74) is 1.27. The van der Waals surface area contributed by atoms with Crippen molar-refractivity contribution in [3.63, 3.8) is 0 Å². The quantitative estimate of drug-likeness (QED) is 0.721. The molecule has 0 radical (unpaired) electrons. The van der Waals surface area contributed by atoms with Gasteiger partial charge in [0.25, 0.3) is 0 Å². The molecule has 12 heavy (non-hydrogen) atoms. The van der Waals surface area contributed by atoms with Crippen molar-refractivity contribution in [2.24, 2.45) is 0 Å². The predicted octanol–water partition coefficient (Wildman–Crippen LogP) is 2.05. The molecule has 0 spiro atoms. The summed E-state index contributed by atoms with van der Waals surface area (Å²) in [6.07, 6.45) is 3.57. The number of nitrogens with one attached hydrogen (secondary N) is 1. The van der Waals surface area contributed by atoms with E-state index in [4.69, 9.17) is 4.42 Å². The molecule has 1 aliphatic heterocycles. The van der Waals surface area contributed by atoms with E-state index in [2.05, 4.69) is 12.2 Å². The van der Waals surface area contributed by atoms with Crippen molar-refractivity contribution in [1.82, 2.24) is 5.32 Å². The van der Waals surface area contributed by atoms with Crippen LogP contribution in [0.2, 0.25) is 0 Å². The standard InChI is InChI=1S/C9H13NOS/c1-7-5-12-6-9(10-7)8-2-3-11-4-8/h2-4,7,9-10H,5-6H2,1H3. The SMILES string of the molecule is CC1CSCC(c2ccoc2)N1. The Hall–Kier alpha value is -0.410. The van der Waals surface area contributed by atoms with Gasteiger partial charge in [0, 0.05) is 29.2 Å². The molecule has 2 rings (SSSR count). The molecule has 2 unspecified atom stereocenters. The molecular weight excluding hydrogens is 170 g/mol. The van der Waals surface area contributed by atoms with Gasteiger partial charge in [0.1, 0.15) is 0 Å². The normalized spacial score (nSPS) is 30.4. The maximum Gasteiger partial charge on any atom is 0.0950 e. The van der Waals surface area contributed by atoms with Crippen LogP contribution in [-0.2, 0) is 0 Å². The Balaban J connectivity index is 2.04. The maximum absolute atomic E-state index is 5.05. The van der Waals surface area contributed by atoms with Crippen molar-refractivity contribution >= 4 is 11.8 Å². The first-order valence-electron chi connectivity index (χ1n) is 4.22. The molecule has 3 heteroatoms. The monoisotopic (exact) mass is 183 g/mol. The van der Waals surface area contributed by atoms with Crippen LogP contribution in [0.4, 0.5) is 0 Å². The Morgan fingerprint density at radius 3 is 3.17 bits per heavy atom. The van der Waals surface area contributed by atoms with Gasteiger partial charge >= 0.3 is 0 Å². The molecule has 66 valence electrons. The Morgan fingerprint density at radius 2 is 2.50 bits per heavy atom. The molecule has 2 heterocycles. The molecule has 1 aliphatic rings. The van der Waals surface area contributed by atoms with Crippen LogP contribution in [0.3, 0.4) is 0 Å². The Labute approximate surface area is 76.7 Å². The molecule has 2 atom stereocenters. The van der Waals surface area contributed by atoms with Gasteiger partial charge < -0.3 is 9.73 Å². The topological polar surface area (TPSA) is 25.2 Å². The highest BCUT2D eigenvalue weighted by Crippen LogP contribution is 2.24. The lowest BCUT2D eigenvalue weighted by molar-refractivity contribution is 0.493. The number of hydrogen-bond donors (Lipinski definition) is 1. The van der Waals surface area contributed by atoms with Crippen molar-refractivity contribution in [2.45, 2.75) is 19.0 Å². The van der Waals surface area contributed by atoms with Crippen LogP contribution < -0.4 is 5.32 Å². The summed E-state index contributed by atoms with van der Waals surface area (Å²) >= 11 is 2.01. The third kappa shape index (κ3) is 1.67. The van der Waals surface area contributed by atoms with Gasteiger partial charge in [0.05, 0.1) is 12.5 Å². The third-order valence-corrected chi connectivity index (χ3v) is 3.39. The van der Waals surface area contributed by atoms with Gasteiger partial charge in [-0.15, -0.1) is 0 Å². The summed E-state index contributed by atoms with van der Waals surface area (Å²) < 4.78 is 5.05. The van der Waals surface area contributed by atoms with Crippen LogP contribution in [0.25, 0.3) is 0 Å². The van der Waals surface area contributed by atoms with Crippen molar-refractivity contribution in [2.75, 3.05) is 11.5 Å². The van der Waals surface area contributed by atoms with Gasteiger partial charge in [-0.25, -0.2) is 0 Å². The van der Waals surface area contributed by atoms with Crippen LogP contribution in [0.5, 0.6) is 0 Å². The minimum absolute atomic E-state index is 0.484. The average molecular weight is 183 g/mol. The number of hydrogen-bond acceptors (Lipinski definition) is 3. The lowest BCUT2D eigenvalue weighted by Gasteiger charge is -2.27. The molecule has 1 saturated heterocycles. The van der Waals surface area contributed by atoms with E-state index < -0.39 is 0 Å². The summed E-state index contributed by atoms with van der Waals surface area (Å²) in [5.74, 6) is 2.37. The smallest absolute Gasteiger partial charge is 0.0950 e. The summed E-state index contributed by atoms with van der Waals surface area (Å²) in [6, 6.07) is 3.14. The molecule has 1 N–H and O–H groups in total. The second-order valence-corrected chi connectivity index (χ2v) is 4.29. The van der Waals surface area contributed by atoms with E-state index in [1.165, 1.54) is 11.3 Å². The highest BCUT2D eigenvalue weighted by atomic mass is 32.2. The Kier molecular flexibility index (Phi) is 2.42. The molecule has 1 fully saturated rings.